The highest BCUT2D eigenvalue weighted by atomic mass is 16.5. The number of piperazine rings is 1. The van der Waals surface area contributed by atoms with Gasteiger partial charge in [-0.1, -0.05) is 38.1 Å². The molecular weight excluding hydrogens is 813 g/mol. The Morgan fingerprint density at radius 1 is 0.891 bits per heavy atom. The molecule has 17 nitrogen and oxygen atoms in total. The second-order valence-electron chi connectivity index (χ2n) is 18.0. The first-order valence-electron chi connectivity index (χ1n) is 22.0. The van der Waals surface area contributed by atoms with E-state index in [2.05, 4.69) is 74.7 Å². The first-order valence-corrected chi connectivity index (χ1v) is 22.0. The number of aliphatic hydroxyl groups is 1. The van der Waals surface area contributed by atoms with E-state index >= 15 is 0 Å². The van der Waals surface area contributed by atoms with Gasteiger partial charge in [-0.2, -0.15) is 4.98 Å². The van der Waals surface area contributed by atoms with E-state index in [0.717, 1.165) is 104 Å². The Balaban J connectivity index is 0.778. The highest BCUT2D eigenvalue weighted by molar-refractivity contribution is 6.05. The van der Waals surface area contributed by atoms with Crippen molar-refractivity contribution in [2.24, 2.45) is 5.92 Å². The zero-order valence-electron chi connectivity index (χ0n) is 36.7. The molecular formula is C47H54N12O5. The van der Waals surface area contributed by atoms with Crippen molar-refractivity contribution < 1.29 is 24.0 Å². The van der Waals surface area contributed by atoms with Crippen LogP contribution in [0.15, 0.2) is 77.7 Å². The summed E-state index contributed by atoms with van der Waals surface area (Å²) in [5.74, 6) is 1.27. The van der Waals surface area contributed by atoms with E-state index < -0.39 is 11.9 Å². The van der Waals surface area contributed by atoms with E-state index in [1.54, 1.807) is 4.90 Å². The summed E-state index contributed by atoms with van der Waals surface area (Å²) in [6.45, 7) is 14.8. The number of imide groups is 1. The zero-order chi connectivity index (χ0) is 44.5. The van der Waals surface area contributed by atoms with Gasteiger partial charge in [0, 0.05) is 104 Å². The fourth-order valence-electron chi connectivity index (χ4n) is 8.88. The molecule has 4 N–H and O–H groups in total. The summed E-state index contributed by atoms with van der Waals surface area (Å²) in [6, 6.07) is 19.2. The molecule has 3 aliphatic heterocycles. The number of piperidine rings is 1. The Bertz CT molecular complexity index is 2640. The minimum absolute atomic E-state index is 0.0379. The Kier molecular flexibility index (Phi) is 11.8. The minimum atomic E-state index is -0.461. The number of hydrogen-bond acceptors (Lipinski definition) is 13. The van der Waals surface area contributed by atoms with Gasteiger partial charge in [0.15, 0.2) is 0 Å². The van der Waals surface area contributed by atoms with Crippen molar-refractivity contribution in [1.82, 2.24) is 45.6 Å². The van der Waals surface area contributed by atoms with Gasteiger partial charge < -0.3 is 29.7 Å². The monoisotopic (exact) mass is 866 g/mol. The van der Waals surface area contributed by atoms with E-state index in [1.807, 2.05) is 70.3 Å². The van der Waals surface area contributed by atoms with Gasteiger partial charge in [-0.3, -0.25) is 24.7 Å². The number of aromatic amines is 1. The number of aliphatic hydroxyl groups excluding tert-OH is 1. The van der Waals surface area contributed by atoms with Crippen molar-refractivity contribution in [2.45, 2.75) is 65.0 Å². The number of H-pyrrole nitrogens is 1. The molecule has 3 fully saturated rings. The van der Waals surface area contributed by atoms with Crippen LogP contribution in [0.3, 0.4) is 0 Å². The van der Waals surface area contributed by atoms with Gasteiger partial charge in [0.2, 0.25) is 11.8 Å². The number of urea groups is 1. The number of aromatic nitrogens is 6. The number of carbonyl (C=O) groups is 3. The van der Waals surface area contributed by atoms with E-state index in [1.165, 1.54) is 12.0 Å². The molecule has 6 aromatic rings. The van der Waals surface area contributed by atoms with Crippen molar-refractivity contribution in [2.75, 3.05) is 67.1 Å². The van der Waals surface area contributed by atoms with Crippen LogP contribution in [0.1, 0.15) is 80.6 Å². The topological polar surface area (TPSA) is 202 Å². The molecule has 3 aliphatic rings. The van der Waals surface area contributed by atoms with Crippen LogP contribution >= 0.6 is 0 Å². The molecule has 0 radical (unpaired) electrons. The molecule has 0 aliphatic carbocycles. The maximum Gasteiger partial charge on any atom is 0.328 e. The largest absolute Gasteiger partial charge is 0.392 e. The van der Waals surface area contributed by atoms with Crippen LogP contribution in [0.25, 0.3) is 33.5 Å². The number of rotatable bonds is 11. The summed E-state index contributed by atoms with van der Waals surface area (Å²) in [6.07, 6.45) is 6.03. The molecule has 1 unspecified atom stereocenters. The van der Waals surface area contributed by atoms with Crippen LogP contribution in [-0.2, 0) is 16.8 Å². The molecule has 0 spiro atoms. The summed E-state index contributed by atoms with van der Waals surface area (Å²) in [4.78, 5) is 67.5. The van der Waals surface area contributed by atoms with Gasteiger partial charge >= 0.3 is 6.03 Å². The molecule has 2 aromatic carbocycles. The highest BCUT2D eigenvalue weighted by Gasteiger charge is 2.28. The first-order chi connectivity index (χ1) is 30.9. The van der Waals surface area contributed by atoms with Gasteiger partial charge in [0.05, 0.1) is 18.3 Å². The van der Waals surface area contributed by atoms with Crippen LogP contribution in [-0.4, -0.2) is 110 Å². The molecule has 0 bridgehead atoms. The average Bonchev–Trinajstić information content (AvgIpc) is 3.99. The van der Waals surface area contributed by atoms with Gasteiger partial charge in [0.25, 0.3) is 11.7 Å². The van der Waals surface area contributed by atoms with Crippen LogP contribution in [0, 0.1) is 5.92 Å². The number of fused-ring (bicyclic) bond motifs is 1. The third-order valence-corrected chi connectivity index (χ3v) is 12.6. The number of nitrogens with zero attached hydrogens (tertiary/aromatic N) is 9. The standard InChI is InChI=1S/C47H54N12O5/c1-29(51-44(62)43-54-45(64-55-43)47(2,3)4)36-11-5-31(23-33(36)27-60)41-37-24-38(52-42(37)50-28-49-41)32-6-12-39(48-25-32)58-21-19-56(20-22-58)26-30-13-16-57(17-14-30)34-7-9-35(10-8-34)59-18-15-40(61)53-46(59)63/h5-12,23-25,28-30,60H,13-22,26-27H2,1-4H3,(H,51,62)(H,49,50,52)(H,53,61,63). The molecule has 1 atom stereocenters. The van der Waals surface area contributed by atoms with Crippen molar-refractivity contribution in [3.05, 3.63) is 96.0 Å². The Morgan fingerprint density at radius 2 is 1.64 bits per heavy atom. The summed E-state index contributed by atoms with van der Waals surface area (Å²) >= 11 is 0. The Hall–Kier alpha value is -6.72. The number of amides is 4. The number of hydrogen-bond donors (Lipinski definition) is 4. The second kappa shape index (κ2) is 17.8. The third kappa shape index (κ3) is 9.03. The first kappa shape index (κ1) is 42.6. The molecule has 17 heteroatoms. The van der Waals surface area contributed by atoms with E-state index in [-0.39, 0.29) is 29.8 Å². The molecule has 332 valence electrons. The third-order valence-electron chi connectivity index (χ3n) is 12.6. The summed E-state index contributed by atoms with van der Waals surface area (Å²) in [7, 11) is 0. The molecule has 4 aromatic heterocycles. The number of carbonyl (C=O) groups excluding carboxylic acids is 3. The molecule has 0 saturated carbocycles. The lowest BCUT2D eigenvalue weighted by atomic mass is 9.95. The van der Waals surface area contributed by atoms with Crippen molar-refractivity contribution in [3.8, 4) is 22.5 Å². The van der Waals surface area contributed by atoms with E-state index in [9.17, 15) is 19.5 Å². The van der Waals surface area contributed by atoms with Crippen LogP contribution in [0.5, 0.6) is 0 Å². The van der Waals surface area contributed by atoms with Crippen molar-refractivity contribution in [1.29, 1.82) is 0 Å². The second-order valence-corrected chi connectivity index (χ2v) is 18.0. The van der Waals surface area contributed by atoms with Crippen LogP contribution < -0.4 is 25.3 Å². The number of pyridine rings is 1. The zero-order valence-corrected chi connectivity index (χ0v) is 36.7. The lowest BCUT2D eigenvalue weighted by Crippen LogP contribution is -2.49. The number of anilines is 3. The molecule has 4 amide bonds. The quantitative estimate of drug-likeness (QED) is 0.121. The fourth-order valence-corrected chi connectivity index (χ4v) is 8.88. The minimum Gasteiger partial charge on any atom is -0.392 e. The summed E-state index contributed by atoms with van der Waals surface area (Å²) in [5, 5.41) is 20.4. The fraction of sp³-hybridized carbons (Fsp3) is 0.404. The van der Waals surface area contributed by atoms with Gasteiger partial charge in [-0.15, -0.1) is 0 Å². The summed E-state index contributed by atoms with van der Waals surface area (Å²) in [5.41, 5.74) is 7.04. The summed E-state index contributed by atoms with van der Waals surface area (Å²) < 4.78 is 5.30. The molecule has 9 rings (SSSR count). The normalized spacial score (nSPS) is 17.2. The SMILES string of the molecule is CC(NC(=O)c1noc(C(C)(C)C)n1)c1ccc(-c2ncnc3[nH]c(-c4ccc(N5CCN(CC6CCN(c7ccc(N8CCC(=O)NC8=O)cc7)CC6)CC5)nc4)cc23)cc1CO. The average molecular weight is 867 g/mol. The van der Waals surface area contributed by atoms with E-state index in [0.29, 0.717) is 36.0 Å². The Labute approximate surface area is 371 Å². The van der Waals surface area contributed by atoms with Crippen LogP contribution in [0.2, 0.25) is 0 Å². The van der Waals surface area contributed by atoms with E-state index in [4.69, 9.17) is 9.51 Å². The van der Waals surface area contributed by atoms with Gasteiger partial charge in [0.1, 0.15) is 17.8 Å². The van der Waals surface area contributed by atoms with Gasteiger partial charge in [-0.05, 0) is 85.3 Å². The predicted octanol–water partition coefficient (Wildman–Crippen LogP) is 5.84. The predicted molar refractivity (Wildman–Crippen MR) is 243 cm³/mol. The Morgan fingerprint density at radius 3 is 2.33 bits per heavy atom. The molecule has 64 heavy (non-hydrogen) atoms. The van der Waals surface area contributed by atoms with Gasteiger partial charge in [-0.25, -0.2) is 19.7 Å². The smallest absolute Gasteiger partial charge is 0.328 e. The maximum absolute atomic E-state index is 13.0. The number of benzene rings is 2. The van der Waals surface area contributed by atoms with Crippen molar-refractivity contribution >= 4 is 46.1 Å². The lowest BCUT2D eigenvalue weighted by molar-refractivity contribution is -0.120. The number of nitrogens with one attached hydrogen (secondary N) is 3. The van der Waals surface area contributed by atoms with Crippen molar-refractivity contribution in [3.63, 3.8) is 0 Å². The maximum atomic E-state index is 13.0. The van der Waals surface area contributed by atoms with Crippen LogP contribution in [0.4, 0.5) is 22.0 Å². The lowest BCUT2D eigenvalue weighted by Gasteiger charge is -2.39. The highest BCUT2D eigenvalue weighted by Crippen LogP contribution is 2.33. The molecule has 7 heterocycles. The molecule has 3 saturated heterocycles.